The Morgan fingerprint density at radius 1 is 1.10 bits per heavy atom. The number of nitrogens with zero attached hydrogens (tertiary/aromatic N) is 1. The molecule has 0 fully saturated rings. The van der Waals surface area contributed by atoms with E-state index in [-0.39, 0.29) is 11.6 Å². The van der Waals surface area contributed by atoms with E-state index < -0.39 is 0 Å². The van der Waals surface area contributed by atoms with Gasteiger partial charge in [0.05, 0.1) is 12.1 Å². The molecule has 0 aliphatic rings. The van der Waals surface area contributed by atoms with Crippen LogP contribution in [-0.2, 0) is 6.54 Å². The van der Waals surface area contributed by atoms with Crippen molar-refractivity contribution in [1.29, 1.82) is 0 Å². The normalized spacial score (nSPS) is 10.8. The van der Waals surface area contributed by atoms with E-state index in [9.17, 15) is 9.59 Å². The number of urea groups is 1. The number of anilines is 1. The van der Waals surface area contributed by atoms with Crippen LogP contribution in [0, 0.1) is 13.8 Å². The van der Waals surface area contributed by atoms with Crippen molar-refractivity contribution in [3.63, 3.8) is 0 Å². The van der Waals surface area contributed by atoms with Crippen molar-refractivity contribution in [1.82, 2.24) is 9.88 Å². The standard InChI is InChI=1S/C23H27N3O3/c1-5-26(23(28)24-18-7-9-19(10-8-18)29-6-2)14-17-13-21(27)25-22-16(4)11-15(3)12-20(17)22/h7-13H,5-6,14H2,1-4H3,(H,24,28)(H,25,27). The zero-order valence-corrected chi connectivity index (χ0v) is 17.3. The summed E-state index contributed by atoms with van der Waals surface area (Å²) in [4.78, 5) is 29.6. The minimum atomic E-state index is -0.213. The Bertz CT molecular complexity index is 1070. The van der Waals surface area contributed by atoms with Gasteiger partial charge in [0.1, 0.15) is 5.75 Å². The number of hydrogen-bond donors (Lipinski definition) is 2. The number of rotatable bonds is 6. The average Bonchev–Trinajstić information content (AvgIpc) is 2.68. The highest BCUT2D eigenvalue weighted by molar-refractivity contribution is 5.90. The topological polar surface area (TPSA) is 74.4 Å². The maximum absolute atomic E-state index is 12.8. The van der Waals surface area contributed by atoms with Crippen LogP contribution in [-0.4, -0.2) is 29.1 Å². The van der Waals surface area contributed by atoms with Crippen molar-refractivity contribution >= 4 is 22.6 Å². The summed E-state index contributed by atoms with van der Waals surface area (Å²) >= 11 is 0. The molecule has 0 unspecified atom stereocenters. The van der Waals surface area contributed by atoms with Gasteiger partial charge in [-0.2, -0.15) is 0 Å². The predicted molar refractivity (Wildman–Crippen MR) is 117 cm³/mol. The number of nitrogens with one attached hydrogen (secondary N) is 2. The molecule has 1 heterocycles. The number of hydrogen-bond acceptors (Lipinski definition) is 3. The first-order valence-electron chi connectivity index (χ1n) is 9.83. The van der Waals surface area contributed by atoms with E-state index >= 15 is 0 Å². The lowest BCUT2D eigenvalue weighted by atomic mass is 10.0. The Hall–Kier alpha value is -3.28. The van der Waals surface area contributed by atoms with E-state index in [1.54, 1.807) is 11.0 Å². The molecule has 2 N–H and O–H groups in total. The number of pyridine rings is 1. The largest absolute Gasteiger partial charge is 0.494 e. The fourth-order valence-corrected chi connectivity index (χ4v) is 3.45. The van der Waals surface area contributed by atoms with Crippen LogP contribution >= 0.6 is 0 Å². The molecular formula is C23H27N3O3. The van der Waals surface area contributed by atoms with Crippen LogP contribution in [0.25, 0.3) is 10.9 Å². The minimum Gasteiger partial charge on any atom is -0.494 e. The SMILES string of the molecule is CCOc1ccc(NC(=O)N(CC)Cc2cc(=O)[nH]c3c(C)cc(C)cc23)cc1. The third-order valence-corrected chi connectivity index (χ3v) is 4.83. The highest BCUT2D eigenvalue weighted by atomic mass is 16.5. The first-order valence-corrected chi connectivity index (χ1v) is 9.83. The highest BCUT2D eigenvalue weighted by Gasteiger charge is 2.15. The van der Waals surface area contributed by atoms with Gasteiger partial charge in [-0.3, -0.25) is 4.79 Å². The van der Waals surface area contributed by atoms with Gasteiger partial charge in [0.15, 0.2) is 0 Å². The molecule has 3 rings (SSSR count). The van der Waals surface area contributed by atoms with Crippen LogP contribution in [0.5, 0.6) is 5.75 Å². The lowest BCUT2D eigenvalue weighted by molar-refractivity contribution is 0.212. The molecule has 0 atom stereocenters. The third-order valence-electron chi connectivity index (χ3n) is 4.83. The zero-order chi connectivity index (χ0) is 21.0. The van der Waals surface area contributed by atoms with Crippen LogP contribution in [0.3, 0.4) is 0 Å². The van der Waals surface area contributed by atoms with Crippen molar-refractivity contribution in [2.24, 2.45) is 0 Å². The molecule has 2 amide bonds. The van der Waals surface area contributed by atoms with Gasteiger partial charge in [0.25, 0.3) is 0 Å². The molecule has 6 nitrogen and oxygen atoms in total. The highest BCUT2D eigenvalue weighted by Crippen LogP contribution is 2.22. The number of aryl methyl sites for hydroxylation is 2. The smallest absolute Gasteiger partial charge is 0.322 e. The molecule has 0 saturated heterocycles. The van der Waals surface area contributed by atoms with Crippen LogP contribution in [0.15, 0.2) is 47.3 Å². The molecule has 0 radical (unpaired) electrons. The summed E-state index contributed by atoms with van der Waals surface area (Å²) in [6, 6.07) is 12.7. The van der Waals surface area contributed by atoms with E-state index in [0.29, 0.717) is 25.4 Å². The number of carbonyl (C=O) groups excluding carboxylic acids is 1. The number of aromatic nitrogens is 1. The summed E-state index contributed by atoms with van der Waals surface area (Å²) in [7, 11) is 0. The molecule has 0 aliphatic carbocycles. The lowest BCUT2D eigenvalue weighted by Gasteiger charge is -2.22. The third kappa shape index (κ3) is 4.77. The second kappa shape index (κ2) is 8.82. The van der Waals surface area contributed by atoms with Gasteiger partial charge < -0.3 is 19.9 Å². The van der Waals surface area contributed by atoms with Crippen LogP contribution in [0.4, 0.5) is 10.5 Å². The fourth-order valence-electron chi connectivity index (χ4n) is 3.45. The molecule has 152 valence electrons. The van der Waals surface area contributed by atoms with Crippen molar-refractivity contribution in [3.8, 4) is 5.75 Å². The Labute approximate surface area is 170 Å². The molecule has 0 aliphatic heterocycles. The molecule has 0 bridgehead atoms. The molecule has 0 spiro atoms. The number of fused-ring (bicyclic) bond motifs is 1. The van der Waals surface area contributed by atoms with Crippen molar-refractivity contribution in [2.45, 2.75) is 34.2 Å². The van der Waals surface area contributed by atoms with Gasteiger partial charge in [-0.05, 0) is 69.2 Å². The number of amides is 2. The van der Waals surface area contributed by atoms with Crippen molar-refractivity contribution in [2.75, 3.05) is 18.5 Å². The number of benzene rings is 2. The summed E-state index contributed by atoms with van der Waals surface area (Å²) in [5.41, 5.74) is 4.31. The van der Waals surface area contributed by atoms with Crippen LogP contribution < -0.4 is 15.6 Å². The second-order valence-electron chi connectivity index (χ2n) is 7.06. The fraction of sp³-hybridized carbons (Fsp3) is 0.304. The zero-order valence-electron chi connectivity index (χ0n) is 17.3. The summed E-state index contributed by atoms with van der Waals surface area (Å²) in [5.74, 6) is 0.763. The van der Waals surface area contributed by atoms with E-state index in [1.807, 2.05) is 64.1 Å². The number of H-pyrrole nitrogens is 1. The Morgan fingerprint density at radius 3 is 2.48 bits per heavy atom. The summed E-state index contributed by atoms with van der Waals surface area (Å²) < 4.78 is 5.43. The monoisotopic (exact) mass is 393 g/mol. The molecule has 1 aromatic heterocycles. The summed E-state index contributed by atoms with van der Waals surface area (Å²) in [6.45, 7) is 9.31. The molecule has 6 heteroatoms. The molecular weight excluding hydrogens is 366 g/mol. The Kier molecular flexibility index (Phi) is 6.22. The Balaban J connectivity index is 1.84. The van der Waals surface area contributed by atoms with Gasteiger partial charge in [0.2, 0.25) is 5.56 Å². The van der Waals surface area contributed by atoms with Gasteiger partial charge in [0, 0.05) is 30.2 Å². The second-order valence-corrected chi connectivity index (χ2v) is 7.06. The van der Waals surface area contributed by atoms with Gasteiger partial charge in [-0.25, -0.2) is 4.79 Å². The van der Waals surface area contributed by atoms with Gasteiger partial charge in [-0.15, -0.1) is 0 Å². The summed E-state index contributed by atoms with van der Waals surface area (Å²) in [6.07, 6.45) is 0. The number of ether oxygens (including phenoxy) is 1. The van der Waals surface area contributed by atoms with Crippen molar-refractivity contribution < 1.29 is 9.53 Å². The first kappa shape index (κ1) is 20.5. The van der Waals surface area contributed by atoms with Crippen molar-refractivity contribution in [3.05, 3.63) is 69.5 Å². The Morgan fingerprint density at radius 2 is 1.83 bits per heavy atom. The maximum Gasteiger partial charge on any atom is 0.322 e. The minimum absolute atomic E-state index is 0.164. The lowest BCUT2D eigenvalue weighted by Crippen LogP contribution is -2.34. The van der Waals surface area contributed by atoms with Crippen LogP contribution in [0.2, 0.25) is 0 Å². The van der Waals surface area contributed by atoms with Crippen LogP contribution in [0.1, 0.15) is 30.5 Å². The first-order chi connectivity index (χ1) is 13.9. The molecule has 2 aromatic carbocycles. The number of aromatic amines is 1. The molecule has 0 saturated carbocycles. The van der Waals surface area contributed by atoms with E-state index in [4.69, 9.17) is 4.74 Å². The average molecular weight is 393 g/mol. The van der Waals surface area contributed by atoms with E-state index in [1.165, 1.54) is 0 Å². The van der Waals surface area contributed by atoms with E-state index in [0.717, 1.165) is 33.3 Å². The van der Waals surface area contributed by atoms with Gasteiger partial charge >= 0.3 is 6.03 Å². The van der Waals surface area contributed by atoms with E-state index in [2.05, 4.69) is 10.3 Å². The van der Waals surface area contributed by atoms with Gasteiger partial charge in [-0.1, -0.05) is 11.6 Å². The summed E-state index contributed by atoms with van der Waals surface area (Å²) in [5, 5.41) is 3.88. The number of carbonyl (C=O) groups is 1. The quantitative estimate of drug-likeness (QED) is 0.643. The molecule has 29 heavy (non-hydrogen) atoms. The molecule has 3 aromatic rings. The maximum atomic E-state index is 12.8. The predicted octanol–water partition coefficient (Wildman–Crippen LogP) is 4.60.